The number of para-hydroxylation sites is 2. The van der Waals surface area contributed by atoms with Gasteiger partial charge in [-0.25, -0.2) is 4.98 Å². The molecule has 4 rings (SSSR count). The van der Waals surface area contributed by atoms with Gasteiger partial charge in [0.05, 0.1) is 17.6 Å². The molecule has 5 heteroatoms. The van der Waals surface area contributed by atoms with Gasteiger partial charge < -0.3 is 9.88 Å². The van der Waals surface area contributed by atoms with E-state index >= 15 is 0 Å². The number of aryl methyl sites for hydroxylation is 1. The first-order chi connectivity index (χ1) is 11.7. The maximum absolute atomic E-state index is 6.20. The molecule has 1 aliphatic rings. The molecule has 3 aromatic rings. The monoisotopic (exact) mass is 340 g/mol. The fourth-order valence-electron chi connectivity index (χ4n) is 3.50. The van der Waals surface area contributed by atoms with E-state index in [1.54, 1.807) is 0 Å². The van der Waals surface area contributed by atoms with E-state index < -0.39 is 0 Å². The number of rotatable bonds is 3. The van der Waals surface area contributed by atoms with Gasteiger partial charge in [0.2, 0.25) is 0 Å². The smallest absolute Gasteiger partial charge is 0.123 e. The second kappa shape index (κ2) is 6.55. The molecule has 1 unspecified atom stereocenters. The predicted molar refractivity (Wildman–Crippen MR) is 98.2 cm³/mol. The molecule has 1 aliphatic heterocycles. The van der Waals surface area contributed by atoms with Crippen LogP contribution < -0.4 is 5.32 Å². The van der Waals surface area contributed by atoms with Crippen molar-refractivity contribution in [3.05, 3.63) is 64.9 Å². The molecule has 0 radical (unpaired) electrons. The van der Waals surface area contributed by atoms with Crippen molar-refractivity contribution in [1.82, 2.24) is 19.8 Å². The van der Waals surface area contributed by atoms with Crippen LogP contribution in [0.1, 0.15) is 17.4 Å². The second-order valence-corrected chi connectivity index (χ2v) is 6.76. The molecule has 4 nitrogen and oxygen atoms in total. The van der Waals surface area contributed by atoms with Gasteiger partial charge in [0.25, 0.3) is 0 Å². The van der Waals surface area contributed by atoms with Gasteiger partial charge in [-0.2, -0.15) is 0 Å². The summed E-state index contributed by atoms with van der Waals surface area (Å²) in [6.07, 6.45) is 0. The lowest BCUT2D eigenvalue weighted by atomic mass is 10.0. The summed E-state index contributed by atoms with van der Waals surface area (Å²) in [5.41, 5.74) is 3.50. The van der Waals surface area contributed by atoms with Crippen LogP contribution in [0.15, 0.2) is 48.5 Å². The molecular formula is C19H21ClN4. The van der Waals surface area contributed by atoms with Crippen molar-refractivity contribution in [2.45, 2.75) is 12.6 Å². The molecule has 0 spiro atoms. The fraction of sp³-hybridized carbons (Fsp3) is 0.316. The highest BCUT2D eigenvalue weighted by atomic mass is 35.5. The van der Waals surface area contributed by atoms with E-state index in [1.165, 1.54) is 11.1 Å². The third kappa shape index (κ3) is 2.93. The number of benzene rings is 2. The topological polar surface area (TPSA) is 33.1 Å². The molecule has 0 aliphatic carbocycles. The zero-order chi connectivity index (χ0) is 16.5. The third-order valence-corrected chi connectivity index (χ3v) is 5.05. The third-order valence-electron chi connectivity index (χ3n) is 4.81. The zero-order valence-corrected chi connectivity index (χ0v) is 14.5. The fourth-order valence-corrected chi connectivity index (χ4v) is 3.70. The number of imidazole rings is 1. The molecule has 2 heterocycles. The van der Waals surface area contributed by atoms with Crippen LogP contribution in [0.5, 0.6) is 0 Å². The van der Waals surface area contributed by atoms with Crippen molar-refractivity contribution >= 4 is 22.6 Å². The Hall–Kier alpha value is -1.88. The van der Waals surface area contributed by atoms with Crippen LogP contribution in [0.2, 0.25) is 5.02 Å². The lowest BCUT2D eigenvalue weighted by Gasteiger charge is -2.36. The van der Waals surface area contributed by atoms with E-state index in [1.807, 2.05) is 18.2 Å². The average Bonchev–Trinajstić information content (AvgIpc) is 2.92. The Labute approximate surface area is 147 Å². The summed E-state index contributed by atoms with van der Waals surface area (Å²) in [4.78, 5) is 7.32. The molecule has 0 amide bonds. The molecule has 1 fully saturated rings. The van der Waals surface area contributed by atoms with Gasteiger partial charge in [0.1, 0.15) is 5.82 Å². The number of aromatic nitrogens is 2. The molecule has 0 bridgehead atoms. The minimum atomic E-state index is 0.317. The molecule has 1 atom stereocenters. The molecule has 124 valence electrons. The Balaban J connectivity index is 1.64. The Morgan fingerprint density at radius 2 is 2.08 bits per heavy atom. The Morgan fingerprint density at radius 3 is 2.92 bits per heavy atom. The molecule has 0 saturated carbocycles. The summed E-state index contributed by atoms with van der Waals surface area (Å²) < 4.78 is 2.20. The van der Waals surface area contributed by atoms with Gasteiger partial charge in [0.15, 0.2) is 0 Å². The lowest BCUT2D eigenvalue weighted by molar-refractivity contribution is 0.149. The molecular weight excluding hydrogens is 320 g/mol. The standard InChI is InChI=1S/C19H21ClN4/c1-23-17-8-3-2-7-16(17)22-19(23)13-24-10-9-21-12-18(24)14-5-4-6-15(20)11-14/h2-8,11,18,21H,9-10,12-13H2,1H3. The van der Waals surface area contributed by atoms with E-state index in [9.17, 15) is 0 Å². The van der Waals surface area contributed by atoms with Gasteiger partial charge in [0, 0.05) is 37.7 Å². The number of hydrogen-bond donors (Lipinski definition) is 1. The summed E-state index contributed by atoms with van der Waals surface area (Å²) >= 11 is 6.20. The van der Waals surface area contributed by atoms with Crippen molar-refractivity contribution < 1.29 is 0 Å². The number of halogens is 1. The molecule has 24 heavy (non-hydrogen) atoms. The quantitative estimate of drug-likeness (QED) is 0.793. The minimum absolute atomic E-state index is 0.317. The van der Waals surface area contributed by atoms with Gasteiger partial charge in [-0.15, -0.1) is 0 Å². The van der Waals surface area contributed by atoms with E-state index in [0.717, 1.165) is 42.5 Å². The SMILES string of the molecule is Cn1c(CN2CCNCC2c2cccc(Cl)c2)nc2ccccc21. The van der Waals surface area contributed by atoms with Crippen LogP contribution in [0, 0.1) is 0 Å². The van der Waals surface area contributed by atoms with Crippen molar-refractivity contribution in [1.29, 1.82) is 0 Å². The van der Waals surface area contributed by atoms with Gasteiger partial charge in [-0.1, -0.05) is 35.9 Å². The summed E-state index contributed by atoms with van der Waals surface area (Å²) in [6.45, 7) is 3.77. The van der Waals surface area contributed by atoms with Crippen LogP contribution >= 0.6 is 11.6 Å². The summed E-state index contributed by atoms with van der Waals surface area (Å²) in [7, 11) is 2.10. The van der Waals surface area contributed by atoms with Crippen molar-refractivity contribution in [3.63, 3.8) is 0 Å². The van der Waals surface area contributed by atoms with E-state index in [-0.39, 0.29) is 0 Å². The lowest BCUT2D eigenvalue weighted by Crippen LogP contribution is -2.45. The summed E-state index contributed by atoms with van der Waals surface area (Å²) in [6, 6.07) is 16.8. The summed E-state index contributed by atoms with van der Waals surface area (Å²) in [5.74, 6) is 1.10. The van der Waals surface area contributed by atoms with Gasteiger partial charge in [-0.05, 0) is 29.8 Å². The average molecular weight is 341 g/mol. The first-order valence-corrected chi connectivity index (χ1v) is 8.71. The van der Waals surface area contributed by atoms with Gasteiger partial charge in [-0.3, -0.25) is 4.90 Å². The van der Waals surface area contributed by atoms with E-state index in [2.05, 4.69) is 52.2 Å². The van der Waals surface area contributed by atoms with Crippen LogP contribution in [0.25, 0.3) is 11.0 Å². The van der Waals surface area contributed by atoms with Crippen LogP contribution in [0.4, 0.5) is 0 Å². The number of nitrogens with zero attached hydrogens (tertiary/aromatic N) is 3. The highest BCUT2D eigenvalue weighted by Crippen LogP contribution is 2.26. The van der Waals surface area contributed by atoms with Crippen LogP contribution in [-0.2, 0) is 13.6 Å². The van der Waals surface area contributed by atoms with Crippen molar-refractivity contribution in [2.24, 2.45) is 7.05 Å². The van der Waals surface area contributed by atoms with E-state index in [0.29, 0.717) is 6.04 Å². The number of hydrogen-bond acceptors (Lipinski definition) is 3. The first-order valence-electron chi connectivity index (χ1n) is 8.33. The van der Waals surface area contributed by atoms with Crippen molar-refractivity contribution in [2.75, 3.05) is 19.6 Å². The highest BCUT2D eigenvalue weighted by molar-refractivity contribution is 6.30. The minimum Gasteiger partial charge on any atom is -0.330 e. The van der Waals surface area contributed by atoms with Gasteiger partial charge >= 0.3 is 0 Å². The molecule has 1 N–H and O–H groups in total. The Morgan fingerprint density at radius 1 is 1.21 bits per heavy atom. The normalized spacial score (nSPS) is 19.0. The largest absolute Gasteiger partial charge is 0.330 e. The van der Waals surface area contributed by atoms with Crippen LogP contribution in [0.3, 0.4) is 0 Å². The zero-order valence-electron chi connectivity index (χ0n) is 13.7. The number of nitrogens with one attached hydrogen (secondary N) is 1. The Bertz CT molecular complexity index is 857. The number of fused-ring (bicyclic) bond motifs is 1. The van der Waals surface area contributed by atoms with E-state index in [4.69, 9.17) is 16.6 Å². The highest BCUT2D eigenvalue weighted by Gasteiger charge is 2.25. The molecule has 1 saturated heterocycles. The number of piperazine rings is 1. The maximum atomic E-state index is 6.20. The molecule has 1 aromatic heterocycles. The van der Waals surface area contributed by atoms with Crippen molar-refractivity contribution in [3.8, 4) is 0 Å². The van der Waals surface area contributed by atoms with Crippen LogP contribution in [-0.4, -0.2) is 34.1 Å². The Kier molecular flexibility index (Phi) is 4.27. The predicted octanol–water partition coefficient (Wildman–Crippen LogP) is 3.37. The molecule has 2 aromatic carbocycles. The maximum Gasteiger partial charge on any atom is 0.123 e. The second-order valence-electron chi connectivity index (χ2n) is 6.32. The first kappa shape index (κ1) is 15.6. The summed E-state index contributed by atoms with van der Waals surface area (Å²) in [5, 5.41) is 4.29.